The molecule has 4 saturated carbocycles. The maximum absolute atomic E-state index is 12.5. The average molecular weight is 362 g/mol. The summed E-state index contributed by atoms with van der Waals surface area (Å²) in [6.07, 6.45) is 10.1. The van der Waals surface area contributed by atoms with Crippen molar-refractivity contribution in [1.29, 1.82) is 0 Å². The Morgan fingerprint density at radius 3 is 2.21 bits per heavy atom. The number of thioether (sulfide) groups is 2. The Morgan fingerprint density at radius 2 is 1.67 bits per heavy atom. The Balaban J connectivity index is 1.26. The highest BCUT2D eigenvalue weighted by Crippen LogP contribution is 2.55. The van der Waals surface area contributed by atoms with Crippen LogP contribution in [-0.2, 0) is 10.5 Å². The first-order chi connectivity index (χ1) is 11.6. The predicted octanol–water partition coefficient (Wildman–Crippen LogP) is 4.73. The van der Waals surface area contributed by atoms with E-state index in [1.165, 1.54) is 49.0 Å². The average Bonchev–Trinajstić information content (AvgIpc) is 2.53. The van der Waals surface area contributed by atoms with E-state index in [9.17, 15) is 4.79 Å². The first-order valence-corrected chi connectivity index (χ1v) is 11.5. The molecule has 4 bridgehead atoms. The number of carbonyl (C=O) groups excluding carboxylic acids is 1. The number of benzene rings is 1. The van der Waals surface area contributed by atoms with Crippen LogP contribution in [0.2, 0.25) is 0 Å². The minimum atomic E-state index is 0.159. The molecule has 0 aliphatic heterocycles. The fourth-order valence-electron chi connectivity index (χ4n) is 5.58. The van der Waals surface area contributed by atoms with Gasteiger partial charge in [0.1, 0.15) is 0 Å². The van der Waals surface area contributed by atoms with E-state index in [0.717, 1.165) is 23.5 Å². The molecule has 0 aromatic heterocycles. The maximum Gasteiger partial charge on any atom is 0.230 e. The van der Waals surface area contributed by atoms with Gasteiger partial charge >= 0.3 is 0 Å². The topological polar surface area (TPSA) is 29.1 Å². The van der Waals surface area contributed by atoms with Crippen molar-refractivity contribution in [2.45, 2.75) is 54.7 Å². The number of amides is 1. The minimum absolute atomic E-state index is 0.159. The van der Waals surface area contributed by atoms with Gasteiger partial charge in [-0.15, -0.1) is 23.5 Å². The van der Waals surface area contributed by atoms with Gasteiger partial charge in [-0.05, 0) is 80.2 Å². The van der Waals surface area contributed by atoms with Crippen LogP contribution in [0.25, 0.3) is 0 Å². The fraction of sp³-hybridized carbons (Fsp3) is 0.650. The lowest BCUT2D eigenvalue weighted by Gasteiger charge is -2.56. The first-order valence-electron chi connectivity index (χ1n) is 9.16. The van der Waals surface area contributed by atoms with Gasteiger partial charge in [0.25, 0.3) is 0 Å². The quantitative estimate of drug-likeness (QED) is 0.743. The SMILES string of the molecule is CSc1ccc(CSCC(=O)NC23CC4CC(CC(C4)C2)C3)cc1. The van der Waals surface area contributed by atoms with Crippen molar-refractivity contribution in [1.82, 2.24) is 5.32 Å². The maximum atomic E-state index is 12.5. The third-order valence-electron chi connectivity index (χ3n) is 6.10. The summed E-state index contributed by atoms with van der Waals surface area (Å²) < 4.78 is 0. The summed E-state index contributed by atoms with van der Waals surface area (Å²) in [5.74, 6) is 4.43. The van der Waals surface area contributed by atoms with E-state index in [4.69, 9.17) is 0 Å². The van der Waals surface area contributed by atoms with Gasteiger partial charge in [-0.3, -0.25) is 4.79 Å². The van der Waals surface area contributed by atoms with Crippen LogP contribution in [0.5, 0.6) is 0 Å². The van der Waals surface area contributed by atoms with Crippen LogP contribution in [0.15, 0.2) is 29.2 Å². The molecule has 0 heterocycles. The van der Waals surface area contributed by atoms with Gasteiger partial charge in [-0.25, -0.2) is 0 Å². The molecule has 1 aromatic rings. The van der Waals surface area contributed by atoms with Crippen molar-refractivity contribution in [3.8, 4) is 0 Å². The van der Waals surface area contributed by atoms with Crippen molar-refractivity contribution < 1.29 is 4.79 Å². The lowest BCUT2D eigenvalue weighted by atomic mass is 9.53. The van der Waals surface area contributed by atoms with E-state index >= 15 is 0 Å². The summed E-state index contributed by atoms with van der Waals surface area (Å²) in [6.45, 7) is 0. The van der Waals surface area contributed by atoms with Crippen LogP contribution in [0, 0.1) is 17.8 Å². The molecule has 2 nitrogen and oxygen atoms in total. The smallest absolute Gasteiger partial charge is 0.230 e. The van der Waals surface area contributed by atoms with E-state index in [1.54, 1.807) is 23.5 Å². The van der Waals surface area contributed by atoms with E-state index in [0.29, 0.717) is 5.75 Å². The summed E-state index contributed by atoms with van der Waals surface area (Å²) in [7, 11) is 0. The van der Waals surface area contributed by atoms with Crippen molar-refractivity contribution >= 4 is 29.4 Å². The summed E-state index contributed by atoms with van der Waals surface area (Å²) >= 11 is 3.50. The van der Waals surface area contributed by atoms with Gasteiger partial charge in [0.15, 0.2) is 0 Å². The predicted molar refractivity (Wildman–Crippen MR) is 103 cm³/mol. The minimum Gasteiger partial charge on any atom is -0.350 e. The molecule has 1 aromatic carbocycles. The molecular formula is C20H27NOS2. The number of hydrogen-bond acceptors (Lipinski definition) is 3. The van der Waals surface area contributed by atoms with Gasteiger partial charge in [0.2, 0.25) is 5.91 Å². The lowest BCUT2D eigenvalue weighted by Crippen LogP contribution is -2.60. The molecule has 24 heavy (non-hydrogen) atoms. The molecule has 0 radical (unpaired) electrons. The Morgan fingerprint density at radius 1 is 1.08 bits per heavy atom. The second-order valence-corrected chi connectivity index (χ2v) is 9.95. The molecule has 1 amide bonds. The first kappa shape index (κ1) is 16.8. The molecule has 5 rings (SSSR count). The zero-order valence-corrected chi connectivity index (χ0v) is 16.1. The standard InChI is InChI=1S/C20H27NOS2/c1-23-18-4-2-14(3-5-18)12-24-13-19(22)21-20-9-15-6-16(10-20)8-17(7-15)11-20/h2-5,15-17H,6-13H2,1H3,(H,21,22). The molecule has 4 aliphatic carbocycles. The van der Waals surface area contributed by atoms with Crippen LogP contribution in [-0.4, -0.2) is 23.5 Å². The van der Waals surface area contributed by atoms with Crippen LogP contribution in [0.1, 0.15) is 44.1 Å². The highest BCUT2D eigenvalue weighted by Gasteiger charge is 2.51. The molecule has 130 valence electrons. The fourth-order valence-corrected chi connectivity index (χ4v) is 6.77. The molecule has 1 N–H and O–H groups in total. The Labute approximate surface area is 153 Å². The summed E-state index contributed by atoms with van der Waals surface area (Å²) in [6, 6.07) is 8.68. The summed E-state index contributed by atoms with van der Waals surface area (Å²) in [4.78, 5) is 13.8. The van der Waals surface area contributed by atoms with Gasteiger partial charge in [0, 0.05) is 16.2 Å². The van der Waals surface area contributed by atoms with E-state index in [1.807, 2.05) is 0 Å². The molecular weight excluding hydrogens is 334 g/mol. The highest BCUT2D eigenvalue weighted by atomic mass is 32.2. The van der Waals surface area contributed by atoms with Crippen LogP contribution in [0.3, 0.4) is 0 Å². The molecule has 0 saturated heterocycles. The normalized spacial score (nSPS) is 33.6. The molecule has 4 aliphatic rings. The van der Waals surface area contributed by atoms with E-state index < -0.39 is 0 Å². The molecule has 0 atom stereocenters. The van der Waals surface area contributed by atoms with Crippen LogP contribution >= 0.6 is 23.5 Å². The van der Waals surface area contributed by atoms with Gasteiger partial charge < -0.3 is 5.32 Å². The Hall–Kier alpha value is -0.610. The summed E-state index contributed by atoms with van der Waals surface area (Å²) in [5.41, 5.74) is 1.47. The van der Waals surface area contributed by atoms with Crippen molar-refractivity contribution in [3.05, 3.63) is 29.8 Å². The Bertz CT molecular complexity index is 563. The second-order valence-electron chi connectivity index (χ2n) is 8.09. The van der Waals surface area contributed by atoms with E-state index in [-0.39, 0.29) is 11.4 Å². The summed E-state index contributed by atoms with van der Waals surface area (Å²) in [5, 5.41) is 3.47. The molecule has 0 spiro atoms. The number of hydrogen-bond donors (Lipinski definition) is 1. The van der Waals surface area contributed by atoms with Crippen molar-refractivity contribution in [2.24, 2.45) is 17.8 Å². The highest BCUT2D eigenvalue weighted by molar-refractivity contribution is 7.99. The monoisotopic (exact) mass is 361 g/mol. The molecule has 4 heteroatoms. The number of rotatable bonds is 6. The van der Waals surface area contributed by atoms with Crippen LogP contribution in [0.4, 0.5) is 0 Å². The van der Waals surface area contributed by atoms with Crippen LogP contribution < -0.4 is 5.32 Å². The zero-order valence-electron chi connectivity index (χ0n) is 14.4. The number of carbonyl (C=O) groups is 1. The molecule has 0 unspecified atom stereocenters. The second kappa shape index (κ2) is 6.95. The van der Waals surface area contributed by atoms with E-state index in [2.05, 4.69) is 35.8 Å². The third kappa shape index (κ3) is 3.65. The third-order valence-corrected chi connectivity index (χ3v) is 7.85. The van der Waals surface area contributed by atoms with Crippen molar-refractivity contribution in [3.63, 3.8) is 0 Å². The number of nitrogens with one attached hydrogen (secondary N) is 1. The Kier molecular flexibility index (Phi) is 4.88. The largest absolute Gasteiger partial charge is 0.350 e. The lowest BCUT2D eigenvalue weighted by molar-refractivity contribution is -0.124. The molecule has 4 fully saturated rings. The van der Waals surface area contributed by atoms with Gasteiger partial charge in [-0.2, -0.15) is 0 Å². The zero-order chi connectivity index (χ0) is 16.6. The van der Waals surface area contributed by atoms with Gasteiger partial charge in [0.05, 0.1) is 5.75 Å². The van der Waals surface area contributed by atoms with Gasteiger partial charge in [-0.1, -0.05) is 12.1 Å². The van der Waals surface area contributed by atoms with Crippen molar-refractivity contribution in [2.75, 3.05) is 12.0 Å².